The maximum atomic E-state index is 12.8. The van der Waals surface area contributed by atoms with Crippen molar-refractivity contribution >= 4 is 11.6 Å². The number of anilines is 1. The summed E-state index contributed by atoms with van der Waals surface area (Å²) < 4.78 is 0.896. The number of nitrogens with one attached hydrogen (secondary N) is 1. The van der Waals surface area contributed by atoms with Crippen molar-refractivity contribution in [1.29, 1.82) is 0 Å². The third kappa shape index (κ3) is 3.46. The third-order valence-electron chi connectivity index (χ3n) is 5.01. The van der Waals surface area contributed by atoms with Gasteiger partial charge in [-0.3, -0.25) is 4.79 Å². The summed E-state index contributed by atoms with van der Waals surface area (Å²) in [6.07, 6.45) is 4.68. The Balaban J connectivity index is 2.17. The summed E-state index contributed by atoms with van der Waals surface area (Å²) in [5.74, 6) is 0.180. The van der Waals surface area contributed by atoms with Crippen molar-refractivity contribution in [3.63, 3.8) is 0 Å². The number of rotatable bonds is 4. The summed E-state index contributed by atoms with van der Waals surface area (Å²) in [6.45, 7) is 8.49. The molecule has 1 unspecified atom stereocenters. The SMILES string of the molecule is CCC(C(=O)Nc1c(C)cccc1C)[N+]1(C)CCCCC1. The van der Waals surface area contributed by atoms with E-state index in [1.165, 1.54) is 19.3 Å². The van der Waals surface area contributed by atoms with Gasteiger partial charge >= 0.3 is 0 Å². The normalized spacial score (nSPS) is 19.0. The van der Waals surface area contributed by atoms with Crippen LogP contribution in [0.1, 0.15) is 43.7 Å². The molecular weight excluding hydrogens is 260 g/mol. The zero-order valence-corrected chi connectivity index (χ0v) is 13.9. The summed E-state index contributed by atoms with van der Waals surface area (Å²) in [5.41, 5.74) is 3.27. The molecular formula is C18H29N2O+. The van der Waals surface area contributed by atoms with Gasteiger partial charge in [-0.25, -0.2) is 0 Å². The Morgan fingerprint density at radius 1 is 1.19 bits per heavy atom. The maximum absolute atomic E-state index is 12.8. The molecule has 2 rings (SSSR count). The first-order valence-electron chi connectivity index (χ1n) is 8.19. The molecule has 0 radical (unpaired) electrons. The van der Waals surface area contributed by atoms with Crippen LogP contribution >= 0.6 is 0 Å². The highest BCUT2D eigenvalue weighted by Gasteiger charge is 2.38. The van der Waals surface area contributed by atoms with E-state index in [0.29, 0.717) is 0 Å². The topological polar surface area (TPSA) is 29.1 Å². The van der Waals surface area contributed by atoms with E-state index in [-0.39, 0.29) is 11.9 Å². The summed E-state index contributed by atoms with van der Waals surface area (Å²) >= 11 is 0. The minimum absolute atomic E-state index is 0.0595. The molecule has 0 spiro atoms. The van der Waals surface area contributed by atoms with E-state index >= 15 is 0 Å². The zero-order valence-electron chi connectivity index (χ0n) is 13.9. The van der Waals surface area contributed by atoms with Crippen molar-refractivity contribution in [2.24, 2.45) is 0 Å². The van der Waals surface area contributed by atoms with Gasteiger partial charge in [-0.05, 0) is 44.2 Å². The number of quaternary nitrogens is 1. The van der Waals surface area contributed by atoms with Crippen LogP contribution in [-0.2, 0) is 4.79 Å². The predicted octanol–water partition coefficient (Wildman–Crippen LogP) is 3.65. The number of benzene rings is 1. The summed E-state index contributed by atoms with van der Waals surface area (Å²) in [7, 11) is 2.25. The first-order valence-corrected chi connectivity index (χ1v) is 8.19. The molecule has 1 N–H and O–H groups in total. The number of hydrogen-bond donors (Lipinski definition) is 1. The number of likely N-dealkylation sites (tertiary alicyclic amines) is 1. The molecule has 116 valence electrons. The van der Waals surface area contributed by atoms with Crippen LogP contribution in [-0.4, -0.2) is 36.6 Å². The Hall–Kier alpha value is -1.35. The monoisotopic (exact) mass is 289 g/mol. The van der Waals surface area contributed by atoms with E-state index < -0.39 is 0 Å². The average molecular weight is 289 g/mol. The molecule has 0 aliphatic carbocycles. The molecule has 1 saturated heterocycles. The van der Waals surface area contributed by atoms with Gasteiger partial charge in [0.2, 0.25) is 0 Å². The van der Waals surface area contributed by atoms with Gasteiger partial charge in [-0.1, -0.05) is 25.1 Å². The largest absolute Gasteiger partial charge is 0.320 e. The molecule has 3 nitrogen and oxygen atoms in total. The van der Waals surface area contributed by atoms with Crippen molar-refractivity contribution < 1.29 is 9.28 Å². The number of para-hydroxylation sites is 1. The van der Waals surface area contributed by atoms with Crippen molar-refractivity contribution in [2.45, 2.75) is 52.5 Å². The number of carbonyl (C=O) groups is 1. The van der Waals surface area contributed by atoms with Gasteiger partial charge in [0, 0.05) is 12.1 Å². The summed E-state index contributed by atoms with van der Waals surface area (Å²) in [4.78, 5) is 12.8. The highest BCUT2D eigenvalue weighted by atomic mass is 16.2. The Labute approximate surface area is 128 Å². The van der Waals surface area contributed by atoms with E-state index in [2.05, 4.69) is 45.3 Å². The van der Waals surface area contributed by atoms with E-state index in [1.807, 2.05) is 6.07 Å². The Morgan fingerprint density at radius 3 is 2.29 bits per heavy atom. The van der Waals surface area contributed by atoms with Gasteiger partial charge in [0.1, 0.15) is 0 Å². The zero-order chi connectivity index (χ0) is 15.5. The molecule has 1 aromatic rings. The van der Waals surface area contributed by atoms with Crippen LogP contribution < -0.4 is 5.32 Å². The van der Waals surface area contributed by atoms with E-state index in [4.69, 9.17) is 0 Å². The van der Waals surface area contributed by atoms with Crippen molar-refractivity contribution in [3.05, 3.63) is 29.3 Å². The Morgan fingerprint density at radius 2 is 1.76 bits per heavy atom. The first kappa shape index (κ1) is 16.0. The fraction of sp³-hybridized carbons (Fsp3) is 0.611. The molecule has 3 heteroatoms. The number of piperidine rings is 1. The van der Waals surface area contributed by atoms with Crippen LogP contribution in [0.5, 0.6) is 0 Å². The molecule has 1 atom stereocenters. The number of carbonyl (C=O) groups excluding carboxylic acids is 1. The molecule has 21 heavy (non-hydrogen) atoms. The van der Waals surface area contributed by atoms with Gasteiger partial charge in [0.25, 0.3) is 5.91 Å². The Bertz CT molecular complexity index is 484. The van der Waals surface area contributed by atoms with Gasteiger partial charge in [-0.2, -0.15) is 0 Å². The Kier molecular flexibility index (Phi) is 5.04. The van der Waals surface area contributed by atoms with Crippen LogP contribution in [0.15, 0.2) is 18.2 Å². The number of amides is 1. The molecule has 1 aromatic carbocycles. The maximum Gasteiger partial charge on any atom is 0.282 e. The number of hydrogen-bond acceptors (Lipinski definition) is 1. The lowest BCUT2D eigenvalue weighted by Gasteiger charge is -2.43. The highest BCUT2D eigenvalue weighted by molar-refractivity contribution is 5.95. The fourth-order valence-corrected chi connectivity index (χ4v) is 3.67. The summed E-state index contributed by atoms with van der Waals surface area (Å²) in [6, 6.07) is 6.21. The standard InChI is InChI=1S/C18H28N2O/c1-5-16(20(4)12-7-6-8-13-20)18(21)19-17-14(2)10-9-11-15(17)3/h9-11,16H,5-8,12-13H2,1-4H3/p+1. The number of aryl methyl sites for hydroxylation is 2. The lowest BCUT2D eigenvalue weighted by molar-refractivity contribution is -0.928. The molecule has 1 fully saturated rings. The van der Waals surface area contributed by atoms with Crippen molar-refractivity contribution in [3.8, 4) is 0 Å². The molecule has 0 saturated carbocycles. The molecule has 1 aliphatic rings. The lowest BCUT2D eigenvalue weighted by Crippen LogP contribution is -2.59. The fourth-order valence-electron chi connectivity index (χ4n) is 3.67. The van der Waals surface area contributed by atoms with Gasteiger partial charge in [-0.15, -0.1) is 0 Å². The highest BCUT2D eigenvalue weighted by Crippen LogP contribution is 2.25. The third-order valence-corrected chi connectivity index (χ3v) is 5.01. The van der Waals surface area contributed by atoms with Crippen LogP contribution in [0.4, 0.5) is 5.69 Å². The van der Waals surface area contributed by atoms with Crippen LogP contribution in [0.2, 0.25) is 0 Å². The second-order valence-electron chi connectivity index (χ2n) is 6.67. The van der Waals surface area contributed by atoms with Gasteiger partial charge < -0.3 is 9.80 Å². The number of nitrogens with zero attached hydrogens (tertiary/aromatic N) is 1. The van der Waals surface area contributed by atoms with Crippen LogP contribution in [0.3, 0.4) is 0 Å². The van der Waals surface area contributed by atoms with Gasteiger partial charge in [0.05, 0.1) is 20.1 Å². The van der Waals surface area contributed by atoms with E-state index in [0.717, 1.165) is 40.8 Å². The summed E-state index contributed by atoms with van der Waals surface area (Å²) in [5, 5.41) is 3.20. The van der Waals surface area contributed by atoms with E-state index in [9.17, 15) is 4.79 Å². The lowest BCUT2D eigenvalue weighted by atomic mass is 10.0. The van der Waals surface area contributed by atoms with Crippen molar-refractivity contribution in [2.75, 3.05) is 25.5 Å². The first-order chi connectivity index (χ1) is 9.98. The smallest absolute Gasteiger partial charge is 0.282 e. The minimum atomic E-state index is 0.0595. The van der Waals surface area contributed by atoms with Gasteiger partial charge in [0.15, 0.2) is 6.04 Å². The quantitative estimate of drug-likeness (QED) is 0.842. The molecule has 1 heterocycles. The molecule has 1 aliphatic heterocycles. The second-order valence-corrected chi connectivity index (χ2v) is 6.67. The number of likely N-dealkylation sites (N-methyl/N-ethyl adjacent to an activating group) is 1. The van der Waals surface area contributed by atoms with Crippen LogP contribution in [0, 0.1) is 13.8 Å². The minimum Gasteiger partial charge on any atom is -0.320 e. The molecule has 0 bridgehead atoms. The second kappa shape index (κ2) is 6.61. The van der Waals surface area contributed by atoms with E-state index in [1.54, 1.807) is 0 Å². The predicted molar refractivity (Wildman–Crippen MR) is 88.4 cm³/mol. The van der Waals surface area contributed by atoms with Crippen molar-refractivity contribution in [1.82, 2.24) is 0 Å². The molecule has 0 aromatic heterocycles. The molecule has 1 amide bonds. The van der Waals surface area contributed by atoms with Crippen LogP contribution in [0.25, 0.3) is 0 Å². The average Bonchev–Trinajstić information content (AvgIpc) is 2.44.